The zero-order chi connectivity index (χ0) is 39.8. The molecule has 1 fully saturated rings. The molecule has 0 aromatic heterocycles. The summed E-state index contributed by atoms with van der Waals surface area (Å²) in [5.74, 6) is -0.0754. The molecule has 2 aromatic rings. The van der Waals surface area contributed by atoms with E-state index in [1.54, 1.807) is 7.11 Å². The lowest BCUT2D eigenvalue weighted by atomic mass is 9.92. The summed E-state index contributed by atoms with van der Waals surface area (Å²) in [6, 6.07) is 16.9. The first-order valence-corrected chi connectivity index (χ1v) is 19.0. The van der Waals surface area contributed by atoms with Gasteiger partial charge < -0.3 is 34.0 Å². The molecule has 2 aliphatic heterocycles. The lowest BCUT2D eigenvalue weighted by Crippen LogP contribution is -2.32. The molecule has 1 aliphatic carbocycles. The second-order valence-corrected chi connectivity index (χ2v) is 14.5. The Morgan fingerprint density at radius 2 is 1.60 bits per heavy atom. The van der Waals surface area contributed by atoms with Crippen molar-refractivity contribution < 1.29 is 33.2 Å². The highest BCUT2D eigenvalue weighted by molar-refractivity contribution is 6.05. The third-order valence-corrected chi connectivity index (χ3v) is 9.90. The van der Waals surface area contributed by atoms with Gasteiger partial charge in [-0.05, 0) is 50.5 Å². The van der Waals surface area contributed by atoms with Crippen LogP contribution in [0.15, 0.2) is 52.9 Å². The van der Waals surface area contributed by atoms with E-state index < -0.39 is 17.8 Å². The molecule has 3 aliphatic rings. The Bertz CT molecular complexity index is 2070. The molecule has 0 bridgehead atoms. The van der Waals surface area contributed by atoms with Crippen molar-refractivity contribution in [2.45, 2.75) is 58.3 Å². The van der Waals surface area contributed by atoms with Crippen molar-refractivity contribution in [1.82, 2.24) is 15.0 Å². The predicted molar refractivity (Wildman–Crippen MR) is 216 cm³/mol. The van der Waals surface area contributed by atoms with Crippen LogP contribution in [-0.4, -0.2) is 97.8 Å². The molecule has 5 rings (SSSR count). The Kier molecular flexibility index (Phi) is 13.4. The number of hydrogen-bond acceptors (Lipinski definition) is 10. The number of benzene rings is 3. The van der Waals surface area contributed by atoms with Crippen molar-refractivity contribution in [3.63, 3.8) is 0 Å². The fourth-order valence-electron chi connectivity index (χ4n) is 6.82. The van der Waals surface area contributed by atoms with Crippen LogP contribution in [0.1, 0.15) is 58.3 Å². The van der Waals surface area contributed by atoms with Gasteiger partial charge in [-0.25, -0.2) is 9.37 Å². The fourth-order valence-corrected chi connectivity index (χ4v) is 6.82. The summed E-state index contributed by atoms with van der Waals surface area (Å²) in [5.41, 5.74) is 6.85. The molecule has 2 heterocycles. The second-order valence-electron chi connectivity index (χ2n) is 14.5. The lowest BCUT2D eigenvalue weighted by Gasteiger charge is -2.30. The van der Waals surface area contributed by atoms with Crippen LogP contribution in [0.3, 0.4) is 0 Å². The van der Waals surface area contributed by atoms with Crippen LogP contribution in [0.5, 0.6) is 5.75 Å². The van der Waals surface area contributed by atoms with Crippen molar-refractivity contribution in [3.05, 3.63) is 53.9 Å². The minimum atomic E-state index is -0.603. The third kappa shape index (κ3) is 9.56. The van der Waals surface area contributed by atoms with Gasteiger partial charge in [0.25, 0.3) is 11.8 Å². The molecule has 0 radical (unpaired) electrons. The Labute approximate surface area is 323 Å². The van der Waals surface area contributed by atoms with Crippen LogP contribution >= 0.6 is 0 Å². The van der Waals surface area contributed by atoms with Crippen LogP contribution in [0.2, 0.25) is 0 Å². The van der Waals surface area contributed by atoms with E-state index in [2.05, 4.69) is 80.0 Å². The van der Waals surface area contributed by atoms with E-state index in [4.69, 9.17) is 14.0 Å². The molecule has 0 unspecified atom stereocenters. The van der Waals surface area contributed by atoms with Gasteiger partial charge in [0.1, 0.15) is 31.2 Å². The summed E-state index contributed by atoms with van der Waals surface area (Å²) in [4.78, 5) is 59.3. The topological polar surface area (TPSA) is 128 Å². The lowest BCUT2D eigenvalue weighted by molar-refractivity contribution is -0.197. The van der Waals surface area contributed by atoms with Crippen molar-refractivity contribution in [2.75, 3.05) is 83.7 Å². The minimum absolute atomic E-state index is 0.0228. The fraction of sp³-hybridized carbons (Fsp3) is 0.452. The van der Waals surface area contributed by atoms with E-state index in [0.29, 0.717) is 50.3 Å². The van der Waals surface area contributed by atoms with E-state index in [0.717, 1.165) is 68.1 Å². The van der Waals surface area contributed by atoms with Crippen LogP contribution in [0.4, 0.5) is 17.1 Å². The molecular formula is C42H55N6O7+. The van der Waals surface area contributed by atoms with Gasteiger partial charge in [-0.15, -0.1) is 5.06 Å². The number of carbonyl (C=O) groups is 4. The number of nitrogens with one attached hydrogen (secondary N) is 1. The van der Waals surface area contributed by atoms with Crippen LogP contribution in [0, 0.1) is 0 Å². The molecule has 2 aromatic carbocycles. The summed E-state index contributed by atoms with van der Waals surface area (Å²) >= 11 is 0. The number of ether oxygens (including phenoxy) is 1. The van der Waals surface area contributed by atoms with Crippen LogP contribution < -0.4 is 34.7 Å². The normalized spacial score (nSPS) is 12.7. The van der Waals surface area contributed by atoms with E-state index >= 15 is 0 Å². The Morgan fingerprint density at radius 3 is 2.25 bits per heavy atom. The number of nitrogens with zero attached hydrogens (tertiary/aromatic N) is 5. The minimum Gasteiger partial charge on any atom is -0.496 e. The maximum absolute atomic E-state index is 12.7. The van der Waals surface area contributed by atoms with E-state index in [1.165, 1.54) is 0 Å². The Hall–Kier alpha value is -5.59. The zero-order valence-corrected chi connectivity index (χ0v) is 33.5. The van der Waals surface area contributed by atoms with Crippen LogP contribution in [-0.2, 0) is 24.0 Å². The highest BCUT2D eigenvalue weighted by atomic mass is 16.7. The predicted octanol–water partition coefficient (Wildman–Crippen LogP) is 5.27. The molecule has 1 N–H and O–H groups in total. The molecule has 0 spiro atoms. The number of rotatable bonds is 17. The number of unbranched alkanes of at least 4 members (excludes halogenated alkanes) is 2. The standard InChI is InChI=1S/C42H54N6O7/c1-9-47(23-13-14-38(49)43-22-12-10-11-15-41(52)55-48-39(50)20-21-40(48)51)34-27-35(53-8)32(26-33(34)46(6)7)42-30-18-16-28(44(2)3)24-36(30)54-37-25-29(45(4)5)17-19-31(37)42/h16-19,24-27H,9-15,20-23H2,1-8H3/p+1. The number of hydrogen-bond donors (Lipinski definition) is 1. The Balaban J connectivity index is 1.28. The van der Waals surface area contributed by atoms with E-state index in [-0.39, 0.29) is 25.2 Å². The summed E-state index contributed by atoms with van der Waals surface area (Å²) in [7, 11) is 13.9. The first-order chi connectivity index (χ1) is 26.3. The summed E-state index contributed by atoms with van der Waals surface area (Å²) in [6.45, 7) is 4.03. The molecule has 294 valence electrons. The maximum atomic E-state index is 12.7. The molecule has 0 saturated carbocycles. The summed E-state index contributed by atoms with van der Waals surface area (Å²) < 4.78 is 14.8. The number of hydroxylamine groups is 2. The number of anilines is 3. The van der Waals surface area contributed by atoms with Gasteiger partial charge >= 0.3 is 5.97 Å². The molecule has 13 nitrogen and oxygen atoms in total. The van der Waals surface area contributed by atoms with Crippen molar-refractivity contribution >= 4 is 51.7 Å². The highest BCUT2D eigenvalue weighted by Crippen LogP contribution is 2.47. The molecule has 0 atom stereocenters. The number of methoxy groups -OCH3 is 1. The van der Waals surface area contributed by atoms with Gasteiger partial charge in [-0.1, -0.05) is 6.42 Å². The molecular weight excluding hydrogens is 700 g/mol. The second kappa shape index (κ2) is 18.2. The van der Waals surface area contributed by atoms with Gasteiger partial charge in [0, 0.05) is 119 Å². The Morgan fingerprint density at radius 1 is 0.855 bits per heavy atom. The molecule has 1 saturated heterocycles. The number of imide groups is 1. The highest BCUT2D eigenvalue weighted by Gasteiger charge is 2.32. The molecule has 13 heteroatoms. The monoisotopic (exact) mass is 755 g/mol. The SMILES string of the molecule is CCN(CCCC(=O)NCCCCCC(=O)ON1C(=O)CCC1=O)c1cc(OC)c(-c2c3ccc(=[N+](C)C)cc-3oc3cc(N(C)C)ccc23)cc1N(C)C. The first-order valence-electron chi connectivity index (χ1n) is 19.0. The average Bonchev–Trinajstić information content (AvgIpc) is 3.47. The van der Waals surface area contributed by atoms with Gasteiger partial charge in [-0.3, -0.25) is 14.4 Å². The molecule has 3 amide bonds. The maximum Gasteiger partial charge on any atom is 0.333 e. The van der Waals surface area contributed by atoms with Crippen molar-refractivity contribution in [1.29, 1.82) is 0 Å². The number of carbonyl (C=O) groups excluding carboxylic acids is 4. The number of fused-ring (bicyclic) bond motifs is 2. The smallest absolute Gasteiger partial charge is 0.333 e. The largest absolute Gasteiger partial charge is 0.496 e. The van der Waals surface area contributed by atoms with Crippen molar-refractivity contribution in [3.8, 4) is 28.2 Å². The number of amides is 3. The van der Waals surface area contributed by atoms with Gasteiger partial charge in [0.05, 0.1) is 24.6 Å². The zero-order valence-electron chi connectivity index (χ0n) is 33.5. The van der Waals surface area contributed by atoms with Gasteiger partial charge in [-0.2, -0.15) is 0 Å². The average molecular weight is 756 g/mol. The van der Waals surface area contributed by atoms with Gasteiger partial charge in [0.2, 0.25) is 11.3 Å². The van der Waals surface area contributed by atoms with Crippen molar-refractivity contribution in [2.24, 2.45) is 0 Å². The van der Waals surface area contributed by atoms with Gasteiger partial charge in [0.15, 0.2) is 0 Å². The molecule has 55 heavy (non-hydrogen) atoms. The summed E-state index contributed by atoms with van der Waals surface area (Å²) in [5, 5.41) is 5.58. The van der Waals surface area contributed by atoms with Crippen LogP contribution in [0.25, 0.3) is 33.4 Å². The first kappa shape index (κ1) is 40.6. The third-order valence-electron chi connectivity index (χ3n) is 9.90. The summed E-state index contributed by atoms with van der Waals surface area (Å²) in [6.07, 6.45) is 3.21. The quantitative estimate of drug-likeness (QED) is 0.0660. The van der Waals surface area contributed by atoms with E-state index in [9.17, 15) is 19.2 Å². The van der Waals surface area contributed by atoms with E-state index in [1.807, 2.05) is 42.3 Å².